The number of amidine groups is 1. The minimum absolute atomic E-state index is 0.0130. The zero-order chi connectivity index (χ0) is 23.9. The molecular formula is C28H43N5. The van der Waals surface area contributed by atoms with Gasteiger partial charge in [0, 0.05) is 45.3 Å². The Morgan fingerprint density at radius 2 is 1.76 bits per heavy atom. The standard InChI is InChI=1S/C28H43N5/c1-27(2,21-26(30-5)32-25(14-15-29)22-10-7-6-8-11-22)28(3,4)23-12-9-13-24(20-23)33-18-16-31-17-19-33/h6-13,20,25,31H,14-19,21,29H2,1-5H3,(H,30,32)/t25-/m0/s1. The van der Waals surface area contributed by atoms with Gasteiger partial charge in [-0.1, -0.05) is 70.2 Å². The van der Waals surface area contributed by atoms with E-state index >= 15 is 0 Å². The smallest absolute Gasteiger partial charge is 0.0970 e. The van der Waals surface area contributed by atoms with Crippen LogP contribution in [0.3, 0.4) is 0 Å². The number of nitrogens with zero attached hydrogens (tertiary/aromatic N) is 2. The van der Waals surface area contributed by atoms with E-state index in [0.29, 0.717) is 6.54 Å². The Bertz CT molecular complexity index is 898. The molecule has 5 heteroatoms. The Labute approximate surface area is 200 Å². The highest BCUT2D eigenvalue weighted by atomic mass is 15.2. The van der Waals surface area contributed by atoms with Gasteiger partial charge in [0.1, 0.15) is 0 Å². The van der Waals surface area contributed by atoms with Crippen LogP contribution in [0.1, 0.15) is 57.7 Å². The van der Waals surface area contributed by atoms with Crippen molar-refractivity contribution in [2.45, 2.75) is 52.0 Å². The summed E-state index contributed by atoms with van der Waals surface area (Å²) in [5.74, 6) is 1.04. The quantitative estimate of drug-likeness (QED) is 0.390. The molecule has 33 heavy (non-hydrogen) atoms. The van der Waals surface area contributed by atoms with Crippen molar-refractivity contribution in [2.24, 2.45) is 16.1 Å². The minimum Gasteiger partial charge on any atom is -0.369 e. The summed E-state index contributed by atoms with van der Waals surface area (Å²) < 4.78 is 0. The fraction of sp³-hybridized carbons (Fsp3) is 0.536. The Morgan fingerprint density at radius 1 is 1.06 bits per heavy atom. The maximum absolute atomic E-state index is 5.94. The van der Waals surface area contributed by atoms with Crippen LogP contribution in [-0.2, 0) is 5.41 Å². The van der Waals surface area contributed by atoms with E-state index in [1.54, 1.807) is 0 Å². The number of benzene rings is 2. The molecular weight excluding hydrogens is 406 g/mol. The molecule has 4 N–H and O–H groups in total. The molecule has 0 aromatic heterocycles. The lowest BCUT2D eigenvalue weighted by Gasteiger charge is -2.43. The molecule has 2 aromatic rings. The number of hydrogen-bond donors (Lipinski definition) is 3. The van der Waals surface area contributed by atoms with Crippen LogP contribution in [0.2, 0.25) is 0 Å². The van der Waals surface area contributed by atoms with E-state index in [1.165, 1.54) is 16.8 Å². The van der Waals surface area contributed by atoms with E-state index in [2.05, 4.69) is 103 Å². The summed E-state index contributed by atoms with van der Waals surface area (Å²) in [6.07, 6.45) is 1.74. The summed E-state index contributed by atoms with van der Waals surface area (Å²) in [4.78, 5) is 7.16. The molecule has 1 aliphatic rings. The Hall–Kier alpha value is -2.37. The van der Waals surface area contributed by atoms with Crippen LogP contribution in [0, 0.1) is 5.41 Å². The summed E-state index contributed by atoms with van der Waals surface area (Å²) >= 11 is 0. The molecule has 180 valence electrons. The maximum atomic E-state index is 5.94. The molecule has 1 heterocycles. The zero-order valence-electron chi connectivity index (χ0n) is 21.2. The average molecular weight is 450 g/mol. The van der Waals surface area contributed by atoms with Crippen LogP contribution < -0.4 is 21.3 Å². The molecule has 0 saturated carbocycles. The van der Waals surface area contributed by atoms with E-state index in [9.17, 15) is 0 Å². The number of nitrogens with one attached hydrogen (secondary N) is 2. The highest BCUT2D eigenvalue weighted by Crippen LogP contribution is 2.44. The summed E-state index contributed by atoms with van der Waals surface area (Å²) in [5, 5.41) is 7.17. The number of nitrogens with two attached hydrogens (primary N) is 1. The van der Waals surface area contributed by atoms with Crippen LogP contribution in [0.4, 0.5) is 5.69 Å². The monoisotopic (exact) mass is 449 g/mol. The van der Waals surface area contributed by atoms with Crippen LogP contribution in [-0.4, -0.2) is 45.6 Å². The second kappa shape index (κ2) is 11.2. The molecule has 3 rings (SSSR count). The third-order valence-electron chi connectivity index (χ3n) is 7.62. The van der Waals surface area contributed by atoms with Crippen molar-refractivity contribution in [3.8, 4) is 0 Å². The first-order chi connectivity index (χ1) is 15.8. The highest BCUT2D eigenvalue weighted by molar-refractivity contribution is 5.83. The van der Waals surface area contributed by atoms with Gasteiger partial charge < -0.3 is 21.3 Å². The second-order valence-corrected chi connectivity index (χ2v) is 10.3. The van der Waals surface area contributed by atoms with Crippen molar-refractivity contribution >= 4 is 11.5 Å². The highest BCUT2D eigenvalue weighted by Gasteiger charge is 2.39. The van der Waals surface area contributed by atoms with E-state index in [4.69, 9.17) is 5.73 Å². The fourth-order valence-electron chi connectivity index (χ4n) is 4.61. The van der Waals surface area contributed by atoms with E-state index < -0.39 is 0 Å². The van der Waals surface area contributed by atoms with Gasteiger partial charge in [-0.15, -0.1) is 0 Å². The average Bonchev–Trinajstić information content (AvgIpc) is 2.84. The Balaban J connectivity index is 1.78. The van der Waals surface area contributed by atoms with Gasteiger partial charge >= 0.3 is 0 Å². The van der Waals surface area contributed by atoms with Crippen LogP contribution in [0.5, 0.6) is 0 Å². The summed E-state index contributed by atoms with van der Waals surface area (Å²) in [7, 11) is 1.89. The first-order valence-corrected chi connectivity index (χ1v) is 12.3. The molecule has 1 aliphatic heterocycles. The van der Waals surface area contributed by atoms with Crippen molar-refractivity contribution in [2.75, 3.05) is 44.7 Å². The number of aliphatic imine (C=N–C) groups is 1. The summed E-state index contributed by atoms with van der Waals surface area (Å²) in [6.45, 7) is 14.3. The molecule has 0 bridgehead atoms. The minimum atomic E-state index is -0.0369. The lowest BCUT2D eigenvalue weighted by atomic mass is 9.62. The van der Waals surface area contributed by atoms with Gasteiger partial charge in [-0.05, 0) is 47.1 Å². The fourth-order valence-corrected chi connectivity index (χ4v) is 4.61. The van der Waals surface area contributed by atoms with Crippen molar-refractivity contribution in [1.29, 1.82) is 0 Å². The summed E-state index contributed by atoms with van der Waals surface area (Å²) in [5.41, 5.74) is 9.85. The second-order valence-electron chi connectivity index (χ2n) is 10.3. The van der Waals surface area contributed by atoms with Gasteiger partial charge in [0.05, 0.1) is 11.9 Å². The van der Waals surface area contributed by atoms with Gasteiger partial charge in [0.25, 0.3) is 0 Å². The first-order valence-electron chi connectivity index (χ1n) is 12.3. The normalized spacial score (nSPS) is 16.5. The predicted octanol–water partition coefficient (Wildman–Crippen LogP) is 4.50. The molecule has 0 unspecified atom stereocenters. The molecule has 0 aliphatic carbocycles. The lowest BCUT2D eigenvalue weighted by Crippen LogP contribution is -2.44. The Kier molecular flexibility index (Phi) is 8.55. The van der Waals surface area contributed by atoms with Gasteiger partial charge in [0.2, 0.25) is 0 Å². The van der Waals surface area contributed by atoms with Gasteiger partial charge in [0.15, 0.2) is 0 Å². The van der Waals surface area contributed by atoms with E-state index in [1.807, 2.05) is 7.05 Å². The van der Waals surface area contributed by atoms with Crippen molar-refractivity contribution in [3.63, 3.8) is 0 Å². The zero-order valence-corrected chi connectivity index (χ0v) is 21.2. The third-order valence-corrected chi connectivity index (χ3v) is 7.62. The van der Waals surface area contributed by atoms with Gasteiger partial charge in [-0.2, -0.15) is 0 Å². The van der Waals surface area contributed by atoms with Crippen molar-refractivity contribution < 1.29 is 0 Å². The summed E-state index contributed by atoms with van der Waals surface area (Å²) in [6, 6.07) is 19.9. The number of rotatable bonds is 9. The topological polar surface area (TPSA) is 65.7 Å². The maximum Gasteiger partial charge on any atom is 0.0970 e. The molecule has 1 saturated heterocycles. The number of hydrogen-bond acceptors (Lipinski definition) is 4. The lowest BCUT2D eigenvalue weighted by molar-refractivity contribution is 0.205. The van der Waals surface area contributed by atoms with Gasteiger partial charge in [-0.3, -0.25) is 4.99 Å². The first kappa shape index (κ1) is 25.3. The number of anilines is 1. The molecule has 0 radical (unpaired) electrons. The Morgan fingerprint density at radius 3 is 2.39 bits per heavy atom. The van der Waals surface area contributed by atoms with Crippen LogP contribution in [0.15, 0.2) is 59.6 Å². The number of piperazine rings is 1. The van der Waals surface area contributed by atoms with Gasteiger partial charge in [-0.25, -0.2) is 0 Å². The third kappa shape index (κ3) is 6.15. The molecule has 0 spiro atoms. The van der Waals surface area contributed by atoms with Crippen molar-refractivity contribution in [3.05, 3.63) is 65.7 Å². The predicted molar refractivity (Wildman–Crippen MR) is 142 cm³/mol. The molecule has 1 atom stereocenters. The molecule has 0 amide bonds. The molecule has 5 nitrogen and oxygen atoms in total. The van der Waals surface area contributed by atoms with E-state index in [-0.39, 0.29) is 16.9 Å². The van der Waals surface area contributed by atoms with Crippen LogP contribution >= 0.6 is 0 Å². The molecule has 2 aromatic carbocycles. The van der Waals surface area contributed by atoms with Crippen LogP contribution in [0.25, 0.3) is 0 Å². The van der Waals surface area contributed by atoms with Crippen molar-refractivity contribution in [1.82, 2.24) is 10.6 Å². The van der Waals surface area contributed by atoms with E-state index in [0.717, 1.165) is 44.9 Å². The largest absolute Gasteiger partial charge is 0.369 e. The SMILES string of the molecule is CN=C(CC(C)(C)C(C)(C)c1cccc(N2CCNCC2)c1)N[C@@H](CCN)c1ccccc1. The molecule has 1 fully saturated rings.